The SMILES string of the molecule is C=CCOc1ccccc1CNC(=O)NCC(C)(C)c1ccccc1F. The molecular formula is C21H25FN2O2. The second-order valence-electron chi connectivity index (χ2n) is 6.61. The van der Waals surface area contributed by atoms with Gasteiger partial charge < -0.3 is 15.4 Å². The number of hydrogen-bond acceptors (Lipinski definition) is 2. The molecular weight excluding hydrogens is 331 g/mol. The first kappa shape index (κ1) is 19.5. The number of nitrogens with one attached hydrogen (secondary N) is 2. The number of amides is 2. The first-order chi connectivity index (χ1) is 12.4. The van der Waals surface area contributed by atoms with Crippen molar-refractivity contribution in [2.45, 2.75) is 25.8 Å². The van der Waals surface area contributed by atoms with Gasteiger partial charge in [0.2, 0.25) is 0 Å². The number of halogens is 1. The summed E-state index contributed by atoms with van der Waals surface area (Å²) in [5.41, 5.74) is 0.926. The molecule has 138 valence electrons. The standard InChI is InChI=1S/C21H25FN2O2/c1-4-13-26-19-12-8-5-9-16(19)14-23-20(25)24-15-21(2,3)17-10-6-7-11-18(17)22/h4-12H,1,13-15H2,2-3H3,(H2,23,24,25). The molecule has 26 heavy (non-hydrogen) atoms. The lowest BCUT2D eigenvalue weighted by molar-refractivity contribution is 0.237. The van der Waals surface area contributed by atoms with Crippen LogP contribution >= 0.6 is 0 Å². The van der Waals surface area contributed by atoms with Crippen LogP contribution < -0.4 is 15.4 Å². The highest BCUT2D eigenvalue weighted by atomic mass is 19.1. The molecule has 0 radical (unpaired) electrons. The molecule has 0 aliphatic heterocycles. The van der Waals surface area contributed by atoms with E-state index in [9.17, 15) is 9.18 Å². The third kappa shape index (κ3) is 5.34. The van der Waals surface area contributed by atoms with Crippen molar-refractivity contribution in [2.75, 3.05) is 13.2 Å². The molecule has 0 aliphatic carbocycles. The molecule has 0 atom stereocenters. The van der Waals surface area contributed by atoms with Crippen molar-refractivity contribution >= 4 is 6.03 Å². The van der Waals surface area contributed by atoms with E-state index in [0.29, 0.717) is 31.0 Å². The first-order valence-electron chi connectivity index (χ1n) is 8.52. The van der Waals surface area contributed by atoms with Crippen LogP contribution in [-0.2, 0) is 12.0 Å². The second kappa shape index (κ2) is 9.04. The van der Waals surface area contributed by atoms with Gasteiger partial charge in [0.15, 0.2) is 0 Å². The van der Waals surface area contributed by atoms with E-state index < -0.39 is 5.41 Å². The molecule has 0 bridgehead atoms. The minimum absolute atomic E-state index is 0.270. The predicted molar refractivity (Wildman–Crippen MR) is 102 cm³/mol. The summed E-state index contributed by atoms with van der Waals surface area (Å²) in [6.07, 6.45) is 1.67. The lowest BCUT2D eigenvalue weighted by Gasteiger charge is -2.26. The average Bonchev–Trinajstić information content (AvgIpc) is 2.64. The zero-order valence-electron chi connectivity index (χ0n) is 15.2. The van der Waals surface area contributed by atoms with E-state index >= 15 is 0 Å². The minimum atomic E-state index is -0.520. The van der Waals surface area contributed by atoms with Gasteiger partial charge in [-0.3, -0.25) is 0 Å². The molecule has 0 saturated heterocycles. The molecule has 0 spiro atoms. The fourth-order valence-corrected chi connectivity index (χ4v) is 2.58. The highest BCUT2D eigenvalue weighted by molar-refractivity contribution is 5.74. The lowest BCUT2D eigenvalue weighted by Crippen LogP contribution is -2.42. The quantitative estimate of drug-likeness (QED) is 0.698. The minimum Gasteiger partial charge on any atom is -0.489 e. The Hall–Kier alpha value is -2.82. The van der Waals surface area contributed by atoms with Crippen molar-refractivity contribution in [3.8, 4) is 5.75 Å². The molecule has 0 aliphatic rings. The number of carbonyl (C=O) groups is 1. The van der Waals surface area contributed by atoms with Crippen molar-refractivity contribution < 1.29 is 13.9 Å². The van der Waals surface area contributed by atoms with Gasteiger partial charge in [0, 0.05) is 24.1 Å². The van der Waals surface area contributed by atoms with Crippen LogP contribution in [0.2, 0.25) is 0 Å². The van der Waals surface area contributed by atoms with Crippen molar-refractivity contribution in [3.05, 3.63) is 78.1 Å². The van der Waals surface area contributed by atoms with Crippen LogP contribution in [0.4, 0.5) is 9.18 Å². The summed E-state index contributed by atoms with van der Waals surface area (Å²) < 4.78 is 19.5. The summed E-state index contributed by atoms with van der Waals surface area (Å²) in [7, 11) is 0. The Kier molecular flexibility index (Phi) is 6.78. The van der Waals surface area contributed by atoms with Crippen molar-refractivity contribution in [2.24, 2.45) is 0 Å². The molecule has 2 aromatic carbocycles. The number of para-hydroxylation sites is 1. The van der Waals surface area contributed by atoms with E-state index in [-0.39, 0.29) is 11.8 Å². The highest BCUT2D eigenvalue weighted by Gasteiger charge is 2.24. The van der Waals surface area contributed by atoms with Crippen LogP contribution in [-0.4, -0.2) is 19.2 Å². The van der Waals surface area contributed by atoms with Crippen molar-refractivity contribution in [3.63, 3.8) is 0 Å². The van der Waals surface area contributed by atoms with E-state index in [1.165, 1.54) is 6.07 Å². The van der Waals surface area contributed by atoms with Gasteiger partial charge >= 0.3 is 6.03 Å². The maximum atomic E-state index is 14.0. The number of benzene rings is 2. The fourth-order valence-electron chi connectivity index (χ4n) is 2.58. The summed E-state index contributed by atoms with van der Waals surface area (Å²) in [6, 6.07) is 13.8. The maximum absolute atomic E-state index is 14.0. The number of hydrogen-bond donors (Lipinski definition) is 2. The molecule has 0 saturated carbocycles. The van der Waals surface area contributed by atoms with Crippen molar-refractivity contribution in [1.82, 2.24) is 10.6 Å². The van der Waals surface area contributed by atoms with Crippen molar-refractivity contribution in [1.29, 1.82) is 0 Å². The number of rotatable bonds is 8. The normalized spacial score (nSPS) is 10.9. The topological polar surface area (TPSA) is 50.4 Å². The molecule has 2 aromatic rings. The zero-order chi connectivity index (χ0) is 19.0. The van der Waals surface area contributed by atoms with Crippen LogP contribution in [0.3, 0.4) is 0 Å². The molecule has 5 heteroatoms. The second-order valence-corrected chi connectivity index (χ2v) is 6.61. The molecule has 2 rings (SSSR count). The number of urea groups is 1. The maximum Gasteiger partial charge on any atom is 0.315 e. The first-order valence-corrected chi connectivity index (χ1v) is 8.52. The Morgan fingerprint density at radius 3 is 2.58 bits per heavy atom. The van der Waals surface area contributed by atoms with Gasteiger partial charge in [-0.1, -0.05) is 62.9 Å². The molecule has 2 amide bonds. The van der Waals surface area contributed by atoms with Crippen LogP contribution in [0.25, 0.3) is 0 Å². The predicted octanol–water partition coefficient (Wildman–Crippen LogP) is 4.17. The van der Waals surface area contributed by atoms with Gasteiger partial charge in [0.05, 0.1) is 0 Å². The summed E-state index contributed by atoms with van der Waals surface area (Å²) in [5, 5.41) is 5.61. The Morgan fingerprint density at radius 1 is 1.15 bits per heavy atom. The summed E-state index contributed by atoms with van der Waals surface area (Å²) in [4.78, 5) is 12.1. The molecule has 0 aromatic heterocycles. The van der Waals surface area contributed by atoms with Gasteiger partial charge in [0.1, 0.15) is 18.2 Å². The third-order valence-corrected chi connectivity index (χ3v) is 4.06. The van der Waals surface area contributed by atoms with E-state index in [2.05, 4.69) is 17.2 Å². The van der Waals surface area contributed by atoms with E-state index in [1.807, 2.05) is 38.1 Å². The number of ether oxygens (including phenoxy) is 1. The van der Waals surface area contributed by atoms with Crippen LogP contribution in [0.1, 0.15) is 25.0 Å². The summed E-state index contributed by atoms with van der Waals surface area (Å²) in [5.74, 6) is 0.437. The zero-order valence-corrected chi connectivity index (χ0v) is 15.2. The Labute approximate surface area is 154 Å². The van der Waals surface area contributed by atoms with Gasteiger partial charge in [0.25, 0.3) is 0 Å². The molecule has 4 nitrogen and oxygen atoms in total. The van der Waals surface area contributed by atoms with E-state index in [4.69, 9.17) is 4.74 Å². The van der Waals surface area contributed by atoms with Crippen LogP contribution in [0.15, 0.2) is 61.2 Å². The Balaban J connectivity index is 1.90. The molecule has 0 fully saturated rings. The number of carbonyl (C=O) groups excluding carboxylic acids is 1. The summed E-state index contributed by atoms with van der Waals surface area (Å²) >= 11 is 0. The average molecular weight is 356 g/mol. The lowest BCUT2D eigenvalue weighted by atomic mass is 9.84. The highest BCUT2D eigenvalue weighted by Crippen LogP contribution is 2.24. The van der Waals surface area contributed by atoms with Crippen LogP contribution in [0.5, 0.6) is 5.75 Å². The van der Waals surface area contributed by atoms with Gasteiger partial charge in [-0.2, -0.15) is 0 Å². The molecule has 0 heterocycles. The largest absolute Gasteiger partial charge is 0.489 e. The van der Waals surface area contributed by atoms with E-state index in [1.54, 1.807) is 24.3 Å². The fraction of sp³-hybridized carbons (Fsp3) is 0.286. The molecule has 0 unspecified atom stereocenters. The van der Waals surface area contributed by atoms with E-state index in [0.717, 1.165) is 5.56 Å². The van der Waals surface area contributed by atoms with Gasteiger partial charge in [-0.05, 0) is 17.7 Å². The monoisotopic (exact) mass is 356 g/mol. The van der Waals surface area contributed by atoms with Crippen LogP contribution in [0, 0.1) is 5.82 Å². The van der Waals surface area contributed by atoms with Gasteiger partial charge in [-0.25, -0.2) is 9.18 Å². The Morgan fingerprint density at radius 2 is 1.85 bits per heavy atom. The smallest absolute Gasteiger partial charge is 0.315 e. The third-order valence-electron chi connectivity index (χ3n) is 4.06. The Bertz CT molecular complexity index is 759. The molecule has 2 N–H and O–H groups in total. The van der Waals surface area contributed by atoms with Gasteiger partial charge in [-0.15, -0.1) is 0 Å². The summed E-state index contributed by atoms with van der Waals surface area (Å²) in [6.45, 7) is 8.46.